The maximum Gasteiger partial charge on any atom is 0.165 e. The van der Waals surface area contributed by atoms with E-state index in [9.17, 15) is 0 Å². The zero-order valence-corrected chi connectivity index (χ0v) is 26.3. The number of fused-ring (bicyclic) bond motifs is 8. The molecule has 0 radical (unpaired) electrons. The first-order valence-corrected chi connectivity index (χ1v) is 16.4. The molecule has 49 heavy (non-hydrogen) atoms. The summed E-state index contributed by atoms with van der Waals surface area (Å²) in [5.41, 5.74) is 6.52. The molecule has 0 unspecified atom stereocenters. The minimum absolute atomic E-state index is 0.600. The van der Waals surface area contributed by atoms with Crippen molar-refractivity contribution in [2.45, 2.75) is 0 Å². The fraction of sp³-hybridized carbons (Fsp3) is 0. The van der Waals surface area contributed by atoms with Gasteiger partial charge < -0.3 is 4.42 Å². The lowest BCUT2D eigenvalue weighted by atomic mass is 9.94. The molecule has 0 spiro atoms. The normalized spacial score (nSPS) is 11.7. The highest BCUT2D eigenvalue weighted by atomic mass is 16.3. The Kier molecular flexibility index (Phi) is 6.15. The molecule has 10 rings (SSSR count). The van der Waals surface area contributed by atoms with Crippen molar-refractivity contribution in [3.63, 3.8) is 0 Å². The number of furan rings is 1. The van der Waals surface area contributed by atoms with Crippen LogP contribution in [0.15, 0.2) is 168 Å². The zero-order valence-electron chi connectivity index (χ0n) is 26.3. The molecule has 8 aromatic carbocycles. The molecule has 0 aliphatic heterocycles. The van der Waals surface area contributed by atoms with Crippen LogP contribution in [0.4, 0.5) is 0 Å². The lowest BCUT2D eigenvalue weighted by Gasteiger charge is -2.14. The second kappa shape index (κ2) is 11.0. The van der Waals surface area contributed by atoms with Gasteiger partial charge in [-0.1, -0.05) is 140 Å². The Hall–Kier alpha value is -6.65. The fourth-order valence-electron chi connectivity index (χ4n) is 7.20. The van der Waals surface area contributed by atoms with Gasteiger partial charge in [0.15, 0.2) is 17.5 Å². The first-order chi connectivity index (χ1) is 24.3. The summed E-state index contributed by atoms with van der Waals surface area (Å²) in [6, 6.07) is 56.9. The van der Waals surface area contributed by atoms with E-state index < -0.39 is 0 Å². The molecule has 0 amide bonds. The SMILES string of the molecule is c1ccc(-c2nc(-c3ccc4ccc5ccc6ccccc6c5c4c3)nc(-c3c(-c4ccccc4)ccc4oc5ccccc5c34)n2)cc1. The van der Waals surface area contributed by atoms with Crippen molar-refractivity contribution in [2.24, 2.45) is 0 Å². The molecule has 4 heteroatoms. The molecule has 0 N–H and O–H groups in total. The summed E-state index contributed by atoms with van der Waals surface area (Å²) in [4.78, 5) is 15.7. The number of para-hydroxylation sites is 1. The quantitative estimate of drug-likeness (QED) is 0.183. The summed E-state index contributed by atoms with van der Waals surface area (Å²) < 4.78 is 6.39. The lowest BCUT2D eigenvalue weighted by molar-refractivity contribution is 0.669. The molecular weight excluding hydrogens is 599 g/mol. The van der Waals surface area contributed by atoms with Crippen molar-refractivity contribution in [2.75, 3.05) is 0 Å². The van der Waals surface area contributed by atoms with Gasteiger partial charge in [-0.2, -0.15) is 0 Å². The van der Waals surface area contributed by atoms with Crippen LogP contribution < -0.4 is 0 Å². The predicted molar refractivity (Wildman–Crippen MR) is 201 cm³/mol. The van der Waals surface area contributed by atoms with Crippen molar-refractivity contribution < 1.29 is 4.42 Å². The van der Waals surface area contributed by atoms with Gasteiger partial charge in [0.05, 0.1) is 0 Å². The Morgan fingerprint density at radius 2 is 0.939 bits per heavy atom. The Morgan fingerprint density at radius 3 is 1.73 bits per heavy atom. The van der Waals surface area contributed by atoms with E-state index in [0.717, 1.165) is 49.8 Å². The van der Waals surface area contributed by atoms with Gasteiger partial charge in [-0.25, -0.2) is 15.0 Å². The first-order valence-electron chi connectivity index (χ1n) is 16.4. The topological polar surface area (TPSA) is 51.8 Å². The van der Waals surface area contributed by atoms with Gasteiger partial charge in [0.25, 0.3) is 0 Å². The Labute approximate surface area is 282 Å². The Bertz CT molecular complexity index is 2870. The lowest BCUT2D eigenvalue weighted by Crippen LogP contribution is -2.01. The Balaban J connectivity index is 1.29. The number of aromatic nitrogens is 3. The molecular formula is C45H27N3O. The van der Waals surface area contributed by atoms with Crippen LogP contribution in [0.1, 0.15) is 0 Å². The van der Waals surface area contributed by atoms with Crippen LogP contribution >= 0.6 is 0 Å². The maximum absolute atomic E-state index is 6.39. The van der Waals surface area contributed by atoms with E-state index in [-0.39, 0.29) is 0 Å². The van der Waals surface area contributed by atoms with Crippen LogP contribution in [-0.4, -0.2) is 15.0 Å². The Morgan fingerprint density at radius 1 is 0.347 bits per heavy atom. The van der Waals surface area contributed by atoms with E-state index in [1.807, 2.05) is 42.5 Å². The van der Waals surface area contributed by atoms with Gasteiger partial charge in [-0.15, -0.1) is 0 Å². The number of benzene rings is 8. The van der Waals surface area contributed by atoms with Gasteiger partial charge >= 0.3 is 0 Å². The van der Waals surface area contributed by atoms with Crippen molar-refractivity contribution in [1.82, 2.24) is 15.0 Å². The number of nitrogens with zero attached hydrogens (tertiary/aromatic N) is 3. The third kappa shape index (κ3) is 4.49. The molecule has 0 saturated heterocycles. The van der Waals surface area contributed by atoms with Crippen LogP contribution in [-0.2, 0) is 0 Å². The van der Waals surface area contributed by atoms with Gasteiger partial charge in [-0.3, -0.25) is 0 Å². The molecule has 10 aromatic rings. The fourth-order valence-corrected chi connectivity index (χ4v) is 7.20. The second-order valence-electron chi connectivity index (χ2n) is 12.4. The number of rotatable bonds is 4. The van der Waals surface area contributed by atoms with Crippen LogP contribution in [0, 0.1) is 0 Å². The standard InChI is InChI=1S/C45H27N3O/c1-3-11-28(12-4-1)35-25-26-39-41(36-17-9-10-18-38(36)49-39)42(35)45-47-43(32-14-5-2-6-15-32)46-44(48-45)33-24-21-30-20-23-31-22-19-29-13-7-8-16-34(29)40(31)37(30)27-33/h1-27H. The summed E-state index contributed by atoms with van der Waals surface area (Å²) in [5, 5.41) is 9.24. The first kappa shape index (κ1) is 27.5. The molecule has 4 nitrogen and oxygen atoms in total. The van der Waals surface area contributed by atoms with E-state index >= 15 is 0 Å². The molecule has 0 bridgehead atoms. The number of hydrogen-bond donors (Lipinski definition) is 0. The smallest absolute Gasteiger partial charge is 0.165 e. The molecule has 0 aliphatic rings. The van der Waals surface area contributed by atoms with Crippen molar-refractivity contribution in [3.05, 3.63) is 164 Å². The van der Waals surface area contributed by atoms with Crippen LogP contribution in [0.3, 0.4) is 0 Å². The van der Waals surface area contributed by atoms with E-state index in [1.165, 1.54) is 32.3 Å². The molecule has 2 heterocycles. The molecule has 0 aliphatic carbocycles. The molecule has 0 fully saturated rings. The average molecular weight is 626 g/mol. The van der Waals surface area contributed by atoms with Crippen molar-refractivity contribution in [3.8, 4) is 45.3 Å². The van der Waals surface area contributed by atoms with E-state index in [0.29, 0.717) is 17.5 Å². The summed E-state index contributed by atoms with van der Waals surface area (Å²) in [7, 11) is 0. The monoisotopic (exact) mass is 625 g/mol. The van der Waals surface area contributed by atoms with E-state index in [1.54, 1.807) is 0 Å². The van der Waals surface area contributed by atoms with E-state index in [2.05, 4.69) is 121 Å². The highest BCUT2D eigenvalue weighted by molar-refractivity contribution is 6.20. The largest absolute Gasteiger partial charge is 0.456 e. The minimum atomic E-state index is 0.600. The zero-order chi connectivity index (χ0) is 32.3. The molecule has 228 valence electrons. The minimum Gasteiger partial charge on any atom is -0.456 e. The van der Waals surface area contributed by atoms with Crippen molar-refractivity contribution >= 4 is 54.3 Å². The molecule has 0 atom stereocenters. The van der Waals surface area contributed by atoms with Gasteiger partial charge in [0, 0.05) is 27.5 Å². The summed E-state index contributed by atoms with van der Waals surface area (Å²) >= 11 is 0. The molecule has 2 aromatic heterocycles. The number of hydrogen-bond acceptors (Lipinski definition) is 4. The summed E-state index contributed by atoms with van der Waals surface area (Å²) in [6.07, 6.45) is 0. The van der Waals surface area contributed by atoms with Crippen LogP contribution in [0.25, 0.3) is 99.5 Å². The highest BCUT2D eigenvalue weighted by Crippen LogP contribution is 2.42. The highest BCUT2D eigenvalue weighted by Gasteiger charge is 2.22. The molecule has 0 saturated carbocycles. The third-order valence-corrected chi connectivity index (χ3v) is 9.50. The predicted octanol–water partition coefficient (Wildman–Crippen LogP) is 11.9. The summed E-state index contributed by atoms with van der Waals surface area (Å²) in [6.45, 7) is 0. The average Bonchev–Trinajstić information content (AvgIpc) is 3.56. The van der Waals surface area contributed by atoms with E-state index in [4.69, 9.17) is 19.4 Å². The van der Waals surface area contributed by atoms with Crippen LogP contribution in [0.2, 0.25) is 0 Å². The van der Waals surface area contributed by atoms with Gasteiger partial charge in [0.2, 0.25) is 0 Å². The van der Waals surface area contributed by atoms with Crippen LogP contribution in [0.5, 0.6) is 0 Å². The van der Waals surface area contributed by atoms with Gasteiger partial charge in [0.1, 0.15) is 11.2 Å². The maximum atomic E-state index is 6.39. The summed E-state index contributed by atoms with van der Waals surface area (Å²) in [5.74, 6) is 1.84. The van der Waals surface area contributed by atoms with Gasteiger partial charge in [-0.05, 0) is 67.7 Å². The third-order valence-electron chi connectivity index (χ3n) is 9.50. The van der Waals surface area contributed by atoms with Crippen molar-refractivity contribution in [1.29, 1.82) is 0 Å². The second-order valence-corrected chi connectivity index (χ2v) is 12.4.